The number of allylic oxidation sites excluding steroid dienone is 8. The number of aliphatic hydroxyl groups is 1. The van der Waals surface area contributed by atoms with E-state index in [2.05, 4.69) is 51.1 Å². The maximum Gasteiger partial charge on any atom is 0.116 e. The Morgan fingerprint density at radius 1 is 1.18 bits per heavy atom. The third-order valence-electron chi connectivity index (χ3n) is 5.41. The third kappa shape index (κ3) is 13.5. The third-order valence-corrected chi connectivity index (χ3v) is 5.41. The fourth-order valence-electron chi connectivity index (χ4n) is 3.54. The summed E-state index contributed by atoms with van der Waals surface area (Å²) in [6, 6.07) is 0. The fourth-order valence-corrected chi connectivity index (χ4v) is 3.54. The molecule has 1 aliphatic rings. The van der Waals surface area contributed by atoms with Gasteiger partial charge in [-0.05, 0) is 69.8 Å². The van der Waals surface area contributed by atoms with Crippen LogP contribution in [0.4, 0.5) is 4.39 Å². The number of hydrogen-bond acceptors (Lipinski definition) is 3. The van der Waals surface area contributed by atoms with Crippen molar-refractivity contribution in [3.8, 4) is 0 Å². The van der Waals surface area contributed by atoms with Crippen molar-refractivity contribution in [1.82, 2.24) is 4.90 Å². The molecule has 0 saturated heterocycles. The van der Waals surface area contributed by atoms with Gasteiger partial charge >= 0.3 is 0 Å². The Labute approximate surface area is 210 Å². The van der Waals surface area contributed by atoms with Crippen LogP contribution in [-0.4, -0.2) is 35.9 Å². The van der Waals surface area contributed by atoms with Gasteiger partial charge in [0.2, 0.25) is 0 Å². The number of likely N-dealkylation sites (N-methyl/N-ethyl adjacent to an activating group) is 1. The minimum absolute atomic E-state index is 0.0333. The molecule has 0 amide bonds. The lowest BCUT2D eigenvalue weighted by molar-refractivity contribution is -0.0710. The van der Waals surface area contributed by atoms with E-state index >= 15 is 0 Å². The molecule has 1 aliphatic carbocycles. The number of hydrogen-bond donors (Lipinski definition) is 1. The van der Waals surface area contributed by atoms with Gasteiger partial charge < -0.3 is 14.7 Å². The van der Waals surface area contributed by atoms with Crippen LogP contribution >= 0.6 is 0 Å². The van der Waals surface area contributed by atoms with Crippen molar-refractivity contribution in [2.45, 2.75) is 86.2 Å². The normalized spacial score (nSPS) is 22.1. The second-order valence-electron chi connectivity index (χ2n) is 7.27. The highest BCUT2D eigenvalue weighted by Crippen LogP contribution is 2.35. The lowest BCUT2D eigenvalue weighted by Gasteiger charge is -2.33. The van der Waals surface area contributed by atoms with Gasteiger partial charge in [0.25, 0.3) is 0 Å². The van der Waals surface area contributed by atoms with Crippen LogP contribution in [-0.2, 0) is 4.74 Å². The molecule has 4 heteroatoms. The van der Waals surface area contributed by atoms with E-state index in [0.717, 1.165) is 49.1 Å². The molecule has 196 valence electrons. The van der Waals surface area contributed by atoms with Crippen LogP contribution in [0.5, 0.6) is 0 Å². The molecule has 34 heavy (non-hydrogen) atoms. The summed E-state index contributed by atoms with van der Waals surface area (Å²) in [6.45, 7) is 27.9. The van der Waals surface area contributed by atoms with Crippen molar-refractivity contribution in [1.29, 1.82) is 0 Å². The molecule has 0 aliphatic heterocycles. The number of ether oxygens (including phenoxy) is 1. The largest absolute Gasteiger partial charge is 0.394 e. The Hall–Kier alpha value is -2.17. The first-order chi connectivity index (χ1) is 16.3. The molecule has 1 rings (SSSR count). The van der Waals surface area contributed by atoms with Gasteiger partial charge in [-0.15, -0.1) is 13.2 Å². The second-order valence-corrected chi connectivity index (χ2v) is 7.27. The minimum atomic E-state index is -0.472. The van der Waals surface area contributed by atoms with E-state index in [9.17, 15) is 9.50 Å². The highest BCUT2D eigenvalue weighted by atomic mass is 19.1. The van der Waals surface area contributed by atoms with E-state index in [1.54, 1.807) is 6.08 Å². The summed E-state index contributed by atoms with van der Waals surface area (Å²) < 4.78 is 19.2. The van der Waals surface area contributed by atoms with Gasteiger partial charge in [0, 0.05) is 18.4 Å². The van der Waals surface area contributed by atoms with E-state index in [1.807, 2.05) is 53.8 Å². The van der Waals surface area contributed by atoms with Crippen molar-refractivity contribution in [3.05, 3.63) is 85.1 Å². The topological polar surface area (TPSA) is 32.7 Å². The molecule has 1 N–H and O–H groups in total. The highest BCUT2D eigenvalue weighted by molar-refractivity contribution is 5.38. The number of nitrogens with zero attached hydrogens (tertiary/aromatic N) is 1. The average Bonchev–Trinajstić information content (AvgIpc) is 2.94. The summed E-state index contributed by atoms with van der Waals surface area (Å²) in [7, 11) is 1.98. The molecule has 3 nitrogen and oxygen atoms in total. The lowest BCUT2D eigenvalue weighted by Crippen LogP contribution is -2.33. The van der Waals surface area contributed by atoms with Crippen LogP contribution in [0, 0.1) is 0 Å². The van der Waals surface area contributed by atoms with Gasteiger partial charge in [-0.25, -0.2) is 4.39 Å². The molecule has 0 saturated carbocycles. The van der Waals surface area contributed by atoms with Gasteiger partial charge in [0.05, 0.1) is 18.8 Å². The van der Waals surface area contributed by atoms with E-state index in [-0.39, 0.29) is 12.2 Å². The predicted octanol–water partition coefficient (Wildman–Crippen LogP) is 8.83. The first-order valence-corrected chi connectivity index (χ1v) is 12.5. The molecule has 0 radical (unpaired) electrons. The Morgan fingerprint density at radius 3 is 2.18 bits per heavy atom. The molecule has 0 heterocycles. The predicted molar refractivity (Wildman–Crippen MR) is 150 cm³/mol. The van der Waals surface area contributed by atoms with E-state index < -0.39 is 5.83 Å². The molecule has 0 aromatic carbocycles. The van der Waals surface area contributed by atoms with Crippen molar-refractivity contribution < 1.29 is 14.2 Å². The van der Waals surface area contributed by atoms with Crippen LogP contribution in [0.25, 0.3) is 0 Å². The molecule has 1 atom stereocenters. The van der Waals surface area contributed by atoms with Gasteiger partial charge in [0.15, 0.2) is 0 Å². The summed E-state index contributed by atoms with van der Waals surface area (Å²) in [5.41, 5.74) is 4.08. The molecule has 1 unspecified atom stereocenters. The summed E-state index contributed by atoms with van der Waals surface area (Å²) in [4.78, 5) is 2.06. The average molecular weight is 478 g/mol. The van der Waals surface area contributed by atoms with Gasteiger partial charge in [-0.1, -0.05) is 65.5 Å². The summed E-state index contributed by atoms with van der Waals surface area (Å²) >= 11 is 0. The van der Waals surface area contributed by atoms with Crippen LogP contribution in [0.1, 0.15) is 80.6 Å². The summed E-state index contributed by atoms with van der Waals surface area (Å²) in [5, 5.41) is 9.22. The molecule has 0 spiro atoms. The van der Waals surface area contributed by atoms with Crippen LogP contribution < -0.4 is 0 Å². The maximum absolute atomic E-state index is 13.1. The molecule has 0 aromatic heterocycles. The summed E-state index contributed by atoms with van der Waals surface area (Å²) in [5.74, 6) is -0.472. The Bertz CT molecular complexity index is 688. The van der Waals surface area contributed by atoms with Gasteiger partial charge in [-0.2, -0.15) is 0 Å². The summed E-state index contributed by atoms with van der Waals surface area (Å²) in [6.07, 6.45) is 13.6. The quantitative estimate of drug-likeness (QED) is 0.266. The second kappa shape index (κ2) is 22.6. The molecule has 0 bridgehead atoms. The molecular weight excluding hydrogens is 425 g/mol. The maximum atomic E-state index is 13.1. The minimum Gasteiger partial charge on any atom is -0.394 e. The van der Waals surface area contributed by atoms with Crippen molar-refractivity contribution in [2.75, 3.05) is 20.3 Å². The zero-order valence-electron chi connectivity index (χ0n) is 23.3. The lowest BCUT2D eigenvalue weighted by atomic mass is 9.87. The molecule has 0 fully saturated rings. The SMILES string of the molecule is C=C.C=C/C1=C(N(C)C(/C=C\C(=C)F)=C/C)/C=C(\C)CCC(CC)(OCCO)CC1.CC.CC. The zero-order valence-corrected chi connectivity index (χ0v) is 23.3. The van der Waals surface area contributed by atoms with Crippen LogP contribution in [0.15, 0.2) is 85.1 Å². The van der Waals surface area contributed by atoms with Crippen LogP contribution in [0.3, 0.4) is 0 Å². The Morgan fingerprint density at radius 2 is 1.74 bits per heavy atom. The zero-order chi connectivity index (χ0) is 27.2. The smallest absolute Gasteiger partial charge is 0.116 e. The van der Waals surface area contributed by atoms with E-state index in [4.69, 9.17) is 4.74 Å². The fraction of sp³-hybridized carbons (Fsp3) is 0.533. The van der Waals surface area contributed by atoms with Crippen molar-refractivity contribution in [3.63, 3.8) is 0 Å². The number of halogens is 1. The van der Waals surface area contributed by atoms with E-state index in [0.29, 0.717) is 6.61 Å². The van der Waals surface area contributed by atoms with Crippen molar-refractivity contribution in [2.24, 2.45) is 0 Å². The number of rotatable bonds is 9. The molecular formula is C30H52FNO2. The molecule has 0 aromatic rings. The first-order valence-electron chi connectivity index (χ1n) is 12.5. The van der Waals surface area contributed by atoms with Gasteiger partial charge in [-0.3, -0.25) is 0 Å². The number of aliphatic hydroxyl groups excluding tert-OH is 1. The standard InChI is InChI=1S/C24H36FNO2.2C2H6.C2H4/c1-7-21-13-15-24(9-3,28-17-16-27)14-12-19(4)18-23(21)26(6)22(8-2)11-10-20(5)25;3*1-2/h7-8,10-11,18,27H,1,5,9,12-17H2,2-4,6H3;2*1-2H3;1-2H2/b11-10-,19-18+,22-8+,23-21+;;;. The Balaban J connectivity index is -0.00000148. The van der Waals surface area contributed by atoms with Crippen LogP contribution in [0.2, 0.25) is 0 Å². The first kappa shape index (κ1) is 36.4. The van der Waals surface area contributed by atoms with Crippen molar-refractivity contribution >= 4 is 0 Å². The highest BCUT2D eigenvalue weighted by Gasteiger charge is 2.30. The monoisotopic (exact) mass is 477 g/mol. The van der Waals surface area contributed by atoms with Gasteiger partial charge in [0.1, 0.15) is 5.83 Å². The Kier molecular flexibility index (Phi) is 24.2. The van der Waals surface area contributed by atoms with E-state index in [1.165, 1.54) is 11.6 Å².